The number of imidazole rings is 1. The molecule has 0 amide bonds. The summed E-state index contributed by atoms with van der Waals surface area (Å²) < 4.78 is 8.14. The molecule has 0 aliphatic rings. The largest absolute Gasteiger partial charge is 0.376 e. The van der Waals surface area contributed by atoms with Crippen molar-refractivity contribution < 1.29 is 4.74 Å². The van der Waals surface area contributed by atoms with Gasteiger partial charge in [-0.2, -0.15) is 0 Å². The summed E-state index contributed by atoms with van der Waals surface area (Å²) in [7, 11) is 0. The quantitative estimate of drug-likeness (QED) is 0.708. The summed E-state index contributed by atoms with van der Waals surface area (Å²) in [5, 5.41) is 3.60. The van der Waals surface area contributed by atoms with Crippen LogP contribution in [0.2, 0.25) is 0 Å². The van der Waals surface area contributed by atoms with Gasteiger partial charge in [0.15, 0.2) is 0 Å². The van der Waals surface area contributed by atoms with Gasteiger partial charge in [-0.05, 0) is 32.7 Å². The maximum absolute atomic E-state index is 5.89. The van der Waals surface area contributed by atoms with Crippen molar-refractivity contribution in [2.45, 2.75) is 65.6 Å². The minimum Gasteiger partial charge on any atom is -0.376 e. The van der Waals surface area contributed by atoms with Crippen molar-refractivity contribution in [3.05, 3.63) is 18.2 Å². The molecule has 1 aromatic rings. The summed E-state index contributed by atoms with van der Waals surface area (Å²) in [6, 6.07) is 0.187. The molecule has 2 unspecified atom stereocenters. The Bertz CT molecular complexity index is 338. The van der Waals surface area contributed by atoms with Gasteiger partial charge in [0.05, 0.1) is 12.1 Å². The Morgan fingerprint density at radius 3 is 2.63 bits per heavy atom. The van der Waals surface area contributed by atoms with E-state index in [1.807, 2.05) is 6.20 Å². The molecule has 4 heteroatoms. The fourth-order valence-corrected chi connectivity index (χ4v) is 2.38. The smallest absolute Gasteiger partial charge is 0.128 e. The molecular weight excluding hydrogens is 238 g/mol. The molecule has 0 bridgehead atoms. The normalized spacial score (nSPS) is 14.5. The van der Waals surface area contributed by atoms with Crippen molar-refractivity contribution >= 4 is 0 Å². The summed E-state index contributed by atoms with van der Waals surface area (Å²) in [4.78, 5) is 4.56. The first-order valence-electron chi connectivity index (χ1n) is 7.64. The second-order valence-corrected chi connectivity index (χ2v) is 4.81. The minimum atomic E-state index is 0.187. The highest BCUT2D eigenvalue weighted by Gasteiger charge is 2.25. The van der Waals surface area contributed by atoms with Gasteiger partial charge in [-0.25, -0.2) is 4.98 Å². The summed E-state index contributed by atoms with van der Waals surface area (Å²) in [5.74, 6) is 1.11. The Balaban J connectivity index is 2.90. The van der Waals surface area contributed by atoms with Gasteiger partial charge in [0.25, 0.3) is 0 Å². The highest BCUT2D eigenvalue weighted by Crippen LogP contribution is 2.21. The first-order valence-corrected chi connectivity index (χ1v) is 7.64. The van der Waals surface area contributed by atoms with Crippen LogP contribution in [0, 0.1) is 0 Å². The number of hydrogen-bond acceptors (Lipinski definition) is 3. The lowest BCUT2D eigenvalue weighted by molar-refractivity contribution is 0.0282. The number of rotatable bonds is 10. The fraction of sp³-hybridized carbons (Fsp3) is 0.800. The van der Waals surface area contributed by atoms with E-state index in [1.165, 1.54) is 0 Å². The van der Waals surface area contributed by atoms with Crippen molar-refractivity contribution in [2.75, 3.05) is 13.2 Å². The fourth-order valence-electron chi connectivity index (χ4n) is 2.38. The molecule has 110 valence electrons. The summed E-state index contributed by atoms with van der Waals surface area (Å²) in [6.45, 7) is 11.4. The third-order valence-corrected chi connectivity index (χ3v) is 3.26. The van der Waals surface area contributed by atoms with E-state index in [1.54, 1.807) is 0 Å². The van der Waals surface area contributed by atoms with Gasteiger partial charge < -0.3 is 14.6 Å². The van der Waals surface area contributed by atoms with E-state index >= 15 is 0 Å². The van der Waals surface area contributed by atoms with Crippen LogP contribution in [-0.4, -0.2) is 28.8 Å². The molecule has 19 heavy (non-hydrogen) atoms. The zero-order valence-electron chi connectivity index (χ0n) is 12.9. The number of nitrogens with zero attached hydrogens (tertiary/aromatic N) is 2. The second-order valence-electron chi connectivity index (χ2n) is 4.81. The van der Waals surface area contributed by atoms with Crippen LogP contribution in [0.25, 0.3) is 0 Å². The zero-order valence-corrected chi connectivity index (χ0v) is 12.9. The Kier molecular flexibility index (Phi) is 7.75. The molecule has 0 spiro atoms. The number of aromatic nitrogens is 2. The highest BCUT2D eigenvalue weighted by molar-refractivity contribution is 5.02. The molecular formula is C15H29N3O. The van der Waals surface area contributed by atoms with Gasteiger partial charge in [-0.15, -0.1) is 0 Å². The average Bonchev–Trinajstić information content (AvgIpc) is 2.86. The third-order valence-electron chi connectivity index (χ3n) is 3.26. The van der Waals surface area contributed by atoms with Crippen LogP contribution >= 0.6 is 0 Å². The van der Waals surface area contributed by atoms with E-state index in [4.69, 9.17) is 4.74 Å². The minimum absolute atomic E-state index is 0.187. The van der Waals surface area contributed by atoms with Gasteiger partial charge in [0.2, 0.25) is 0 Å². The Labute approximate surface area is 117 Å². The zero-order chi connectivity index (χ0) is 14.1. The molecule has 0 aromatic carbocycles. The number of nitrogens with one attached hydrogen (secondary N) is 1. The van der Waals surface area contributed by atoms with Crippen LogP contribution < -0.4 is 5.32 Å². The van der Waals surface area contributed by atoms with Crippen LogP contribution in [0.15, 0.2) is 12.4 Å². The lowest BCUT2D eigenvalue weighted by Gasteiger charge is -2.27. The van der Waals surface area contributed by atoms with E-state index in [-0.39, 0.29) is 12.1 Å². The van der Waals surface area contributed by atoms with Crippen LogP contribution in [0.1, 0.15) is 58.8 Å². The highest BCUT2D eigenvalue weighted by atomic mass is 16.5. The molecule has 1 heterocycles. The molecule has 0 radical (unpaired) electrons. The molecule has 1 aromatic heterocycles. The molecule has 2 atom stereocenters. The van der Waals surface area contributed by atoms with Gasteiger partial charge in [-0.3, -0.25) is 0 Å². The van der Waals surface area contributed by atoms with Crippen LogP contribution in [0.5, 0.6) is 0 Å². The first-order chi connectivity index (χ1) is 9.28. The van der Waals surface area contributed by atoms with Crippen molar-refractivity contribution in [3.8, 4) is 0 Å². The number of ether oxygens (including phenoxy) is 1. The summed E-state index contributed by atoms with van der Waals surface area (Å²) >= 11 is 0. The van der Waals surface area contributed by atoms with E-state index in [2.05, 4.69) is 48.8 Å². The monoisotopic (exact) mass is 267 g/mol. The molecule has 1 N–H and O–H groups in total. The van der Waals surface area contributed by atoms with Gasteiger partial charge in [0.1, 0.15) is 5.82 Å². The van der Waals surface area contributed by atoms with Crippen molar-refractivity contribution in [2.24, 2.45) is 0 Å². The Hall–Kier alpha value is -0.870. The molecule has 0 aliphatic heterocycles. The van der Waals surface area contributed by atoms with Crippen LogP contribution in [0.4, 0.5) is 0 Å². The molecule has 0 saturated heterocycles. The average molecular weight is 267 g/mol. The molecule has 0 aliphatic carbocycles. The SMILES string of the molecule is CCCNC(c1nccn1CCC)C(CC)OCC. The van der Waals surface area contributed by atoms with Crippen LogP contribution in [-0.2, 0) is 11.3 Å². The van der Waals surface area contributed by atoms with Gasteiger partial charge >= 0.3 is 0 Å². The van der Waals surface area contributed by atoms with Crippen LogP contribution in [0.3, 0.4) is 0 Å². The third kappa shape index (κ3) is 4.62. The second kappa shape index (κ2) is 9.10. The summed E-state index contributed by atoms with van der Waals surface area (Å²) in [6.07, 6.45) is 7.38. The van der Waals surface area contributed by atoms with E-state index in [0.29, 0.717) is 0 Å². The Morgan fingerprint density at radius 2 is 2.05 bits per heavy atom. The molecule has 0 fully saturated rings. The van der Waals surface area contributed by atoms with Crippen molar-refractivity contribution in [1.29, 1.82) is 0 Å². The first kappa shape index (κ1) is 16.2. The molecule has 0 saturated carbocycles. The summed E-state index contributed by atoms with van der Waals surface area (Å²) in [5.41, 5.74) is 0. The lowest BCUT2D eigenvalue weighted by Crippen LogP contribution is -2.36. The van der Waals surface area contributed by atoms with E-state index < -0.39 is 0 Å². The number of aryl methyl sites for hydroxylation is 1. The van der Waals surface area contributed by atoms with Crippen molar-refractivity contribution in [3.63, 3.8) is 0 Å². The maximum Gasteiger partial charge on any atom is 0.128 e. The predicted molar refractivity (Wildman–Crippen MR) is 79.3 cm³/mol. The maximum atomic E-state index is 5.89. The molecule has 1 rings (SSSR count). The number of hydrogen-bond donors (Lipinski definition) is 1. The van der Waals surface area contributed by atoms with Crippen molar-refractivity contribution in [1.82, 2.24) is 14.9 Å². The lowest BCUT2D eigenvalue weighted by atomic mass is 10.1. The van der Waals surface area contributed by atoms with E-state index in [9.17, 15) is 0 Å². The van der Waals surface area contributed by atoms with Gasteiger partial charge in [0, 0.05) is 25.5 Å². The topological polar surface area (TPSA) is 39.1 Å². The van der Waals surface area contributed by atoms with Gasteiger partial charge in [-0.1, -0.05) is 20.8 Å². The van der Waals surface area contributed by atoms with E-state index in [0.717, 1.165) is 44.8 Å². The molecule has 4 nitrogen and oxygen atoms in total. The Morgan fingerprint density at radius 1 is 1.26 bits per heavy atom. The predicted octanol–water partition coefficient (Wildman–Crippen LogP) is 3.15. The standard InChI is InChI=1S/C15H29N3O/c1-5-9-16-14(13(7-3)19-8-4)15-17-10-12-18(15)11-6-2/h10,12-14,16H,5-9,11H2,1-4H3.